The van der Waals surface area contributed by atoms with E-state index in [1.165, 1.54) is 0 Å². The number of anilines is 2. The van der Waals surface area contributed by atoms with Gasteiger partial charge in [0.2, 0.25) is 0 Å². The summed E-state index contributed by atoms with van der Waals surface area (Å²) >= 11 is 0. The van der Waals surface area contributed by atoms with Crippen LogP contribution < -0.4 is 19.4 Å². The van der Waals surface area contributed by atoms with Gasteiger partial charge in [0.1, 0.15) is 11.5 Å². The Morgan fingerprint density at radius 3 is 2.64 bits per heavy atom. The average Bonchev–Trinajstić information content (AvgIpc) is 2.80. The van der Waals surface area contributed by atoms with Crippen LogP contribution in [-0.2, 0) is 4.57 Å². The number of benzene rings is 2. The van der Waals surface area contributed by atoms with E-state index in [0.717, 1.165) is 29.1 Å². The van der Waals surface area contributed by atoms with E-state index in [2.05, 4.69) is 17.1 Å². The molecule has 3 rings (SSSR count). The fourth-order valence-corrected chi connectivity index (χ4v) is 3.81. The highest BCUT2D eigenvalue weighted by atomic mass is 31.2. The van der Waals surface area contributed by atoms with E-state index in [0.29, 0.717) is 12.4 Å². The lowest BCUT2D eigenvalue weighted by molar-refractivity contribution is 0.317. The number of nitrogens with one attached hydrogen (secondary N) is 2. The van der Waals surface area contributed by atoms with E-state index >= 15 is 0 Å². The predicted octanol–water partition coefficient (Wildman–Crippen LogP) is 4.81. The Bertz CT molecular complexity index is 733. The van der Waals surface area contributed by atoms with Crippen molar-refractivity contribution in [2.45, 2.75) is 20.3 Å². The van der Waals surface area contributed by atoms with Crippen LogP contribution in [0.5, 0.6) is 11.5 Å². The molecular weight excluding hydrogens is 299 g/mol. The van der Waals surface area contributed by atoms with Crippen molar-refractivity contribution in [1.29, 1.82) is 0 Å². The van der Waals surface area contributed by atoms with Crippen molar-refractivity contribution >= 4 is 19.0 Å². The fourth-order valence-electron chi connectivity index (χ4n) is 2.23. The van der Waals surface area contributed by atoms with Gasteiger partial charge >= 0.3 is 7.67 Å². The molecule has 0 bridgehead atoms. The van der Waals surface area contributed by atoms with Crippen LogP contribution in [0.25, 0.3) is 0 Å². The molecule has 2 aromatic rings. The summed E-state index contributed by atoms with van der Waals surface area (Å²) in [6, 6.07) is 13.0. The largest absolute Gasteiger partial charge is 0.494 e. The Morgan fingerprint density at radius 1 is 1.05 bits per heavy atom. The van der Waals surface area contributed by atoms with E-state index in [-0.39, 0.29) is 0 Å². The molecule has 0 radical (unpaired) electrons. The molecule has 0 saturated heterocycles. The Labute approximate surface area is 130 Å². The standard InChI is InChI=1S/C16H19N2O3P/c1-3-9-20-13-7-8-15-16(11-13)18-22(19,17-15)21-14-6-4-5-12(2)10-14/h4-8,10-11H,3,9H2,1-2H3,(H2,17,18,19). The summed E-state index contributed by atoms with van der Waals surface area (Å²) in [6.45, 7) is 4.67. The average molecular weight is 318 g/mol. The molecule has 22 heavy (non-hydrogen) atoms. The number of aryl methyl sites for hydroxylation is 1. The van der Waals surface area contributed by atoms with Gasteiger partial charge in [0.05, 0.1) is 18.0 Å². The van der Waals surface area contributed by atoms with E-state index in [1.807, 2.05) is 43.3 Å². The van der Waals surface area contributed by atoms with E-state index in [1.54, 1.807) is 6.07 Å². The van der Waals surface area contributed by atoms with E-state index in [4.69, 9.17) is 9.26 Å². The molecule has 116 valence electrons. The Hall–Kier alpha value is -2.13. The van der Waals surface area contributed by atoms with Crippen LogP contribution in [0.4, 0.5) is 11.4 Å². The predicted molar refractivity (Wildman–Crippen MR) is 88.9 cm³/mol. The third-order valence-corrected chi connectivity index (χ3v) is 4.76. The number of ether oxygens (including phenoxy) is 1. The first kappa shape index (κ1) is 14.8. The van der Waals surface area contributed by atoms with Gasteiger partial charge in [-0.25, -0.2) is 4.57 Å². The lowest BCUT2D eigenvalue weighted by atomic mass is 10.2. The lowest BCUT2D eigenvalue weighted by Gasteiger charge is -2.14. The third-order valence-electron chi connectivity index (χ3n) is 3.22. The molecule has 1 unspecified atom stereocenters. The summed E-state index contributed by atoms with van der Waals surface area (Å²) in [6.07, 6.45) is 0.942. The zero-order valence-corrected chi connectivity index (χ0v) is 13.5. The number of rotatable bonds is 5. The maximum Gasteiger partial charge on any atom is 0.444 e. The second-order valence-corrected chi connectivity index (χ2v) is 6.97. The van der Waals surface area contributed by atoms with Crippen molar-refractivity contribution in [3.05, 3.63) is 48.0 Å². The SMILES string of the molecule is CCCOc1ccc2c(c1)NP(=O)(Oc1cccc(C)c1)N2. The molecule has 2 N–H and O–H groups in total. The van der Waals surface area contributed by atoms with Crippen LogP contribution in [-0.4, -0.2) is 6.61 Å². The van der Waals surface area contributed by atoms with Gasteiger partial charge in [-0.15, -0.1) is 0 Å². The van der Waals surface area contributed by atoms with Gasteiger partial charge in [-0.05, 0) is 43.2 Å². The highest BCUT2D eigenvalue weighted by Crippen LogP contribution is 2.55. The second kappa shape index (κ2) is 5.93. The second-order valence-electron chi connectivity index (χ2n) is 5.24. The highest BCUT2D eigenvalue weighted by Gasteiger charge is 2.33. The molecule has 1 aliphatic heterocycles. The molecule has 0 spiro atoms. The minimum absolute atomic E-state index is 0.568. The van der Waals surface area contributed by atoms with Gasteiger partial charge in [0.15, 0.2) is 0 Å². The summed E-state index contributed by atoms with van der Waals surface area (Å²) in [5.41, 5.74) is 2.53. The molecule has 0 aliphatic carbocycles. The van der Waals surface area contributed by atoms with Crippen molar-refractivity contribution in [2.75, 3.05) is 16.8 Å². The number of hydrogen-bond acceptors (Lipinski definition) is 3. The van der Waals surface area contributed by atoms with Gasteiger partial charge in [0, 0.05) is 6.07 Å². The summed E-state index contributed by atoms with van der Waals surface area (Å²) in [5.74, 6) is 1.32. The van der Waals surface area contributed by atoms with Crippen molar-refractivity contribution in [3.8, 4) is 11.5 Å². The summed E-state index contributed by atoms with van der Waals surface area (Å²) in [5, 5.41) is 5.87. The highest BCUT2D eigenvalue weighted by molar-refractivity contribution is 7.63. The van der Waals surface area contributed by atoms with Gasteiger partial charge in [-0.2, -0.15) is 0 Å². The number of hydrogen-bond donors (Lipinski definition) is 2. The van der Waals surface area contributed by atoms with Crippen LogP contribution in [0.3, 0.4) is 0 Å². The maximum absolute atomic E-state index is 12.8. The first-order valence-electron chi connectivity index (χ1n) is 7.28. The molecule has 1 atom stereocenters. The zero-order valence-electron chi connectivity index (χ0n) is 12.6. The molecule has 0 amide bonds. The van der Waals surface area contributed by atoms with Gasteiger partial charge in [-0.1, -0.05) is 19.1 Å². The quantitative estimate of drug-likeness (QED) is 0.775. The van der Waals surface area contributed by atoms with Crippen molar-refractivity contribution < 1.29 is 13.8 Å². The molecule has 6 heteroatoms. The van der Waals surface area contributed by atoms with E-state index < -0.39 is 7.67 Å². The van der Waals surface area contributed by atoms with E-state index in [9.17, 15) is 4.57 Å². The van der Waals surface area contributed by atoms with Gasteiger partial charge in [-0.3, -0.25) is 10.2 Å². The van der Waals surface area contributed by atoms with Gasteiger partial charge < -0.3 is 9.26 Å². The Morgan fingerprint density at radius 2 is 1.86 bits per heavy atom. The smallest absolute Gasteiger partial charge is 0.444 e. The zero-order chi connectivity index (χ0) is 15.6. The summed E-state index contributed by atoms with van der Waals surface area (Å²) in [4.78, 5) is 0. The van der Waals surface area contributed by atoms with Crippen LogP contribution in [0.15, 0.2) is 42.5 Å². The first-order valence-corrected chi connectivity index (χ1v) is 8.90. The normalized spacial score (nSPS) is 19.0. The van der Waals surface area contributed by atoms with Crippen LogP contribution >= 0.6 is 7.67 Å². The molecule has 0 saturated carbocycles. The first-order chi connectivity index (χ1) is 10.6. The van der Waals surface area contributed by atoms with Gasteiger partial charge in [0.25, 0.3) is 0 Å². The molecule has 0 fully saturated rings. The minimum atomic E-state index is -3.19. The summed E-state index contributed by atoms with van der Waals surface area (Å²) in [7, 11) is -3.19. The van der Waals surface area contributed by atoms with Crippen molar-refractivity contribution in [2.24, 2.45) is 0 Å². The minimum Gasteiger partial charge on any atom is -0.494 e. The fraction of sp³-hybridized carbons (Fsp3) is 0.250. The molecule has 1 aliphatic rings. The summed E-state index contributed by atoms with van der Waals surface area (Å²) < 4.78 is 24.0. The monoisotopic (exact) mass is 318 g/mol. The van der Waals surface area contributed by atoms with Crippen LogP contribution in [0.2, 0.25) is 0 Å². The van der Waals surface area contributed by atoms with Crippen molar-refractivity contribution in [1.82, 2.24) is 0 Å². The lowest BCUT2D eigenvalue weighted by Crippen LogP contribution is -2.04. The van der Waals surface area contributed by atoms with Crippen LogP contribution in [0.1, 0.15) is 18.9 Å². The molecular formula is C16H19N2O3P. The Kier molecular flexibility index (Phi) is 3.99. The van der Waals surface area contributed by atoms with Crippen molar-refractivity contribution in [3.63, 3.8) is 0 Å². The van der Waals surface area contributed by atoms with Crippen LogP contribution in [0, 0.1) is 6.92 Å². The maximum atomic E-state index is 12.8. The molecule has 2 aromatic carbocycles. The topological polar surface area (TPSA) is 59.6 Å². The molecule has 5 nitrogen and oxygen atoms in total. The Balaban J connectivity index is 1.76. The number of fused-ring (bicyclic) bond motifs is 1. The molecule has 0 aromatic heterocycles. The molecule has 1 heterocycles. The third kappa shape index (κ3) is 3.20.